The molecule has 0 radical (unpaired) electrons. The van der Waals surface area contributed by atoms with Crippen molar-refractivity contribution in [3.8, 4) is 5.69 Å². The van der Waals surface area contributed by atoms with E-state index in [1.807, 2.05) is 6.07 Å². The number of amides is 1. The van der Waals surface area contributed by atoms with Crippen molar-refractivity contribution in [3.05, 3.63) is 47.1 Å². The molecule has 1 amide bonds. The van der Waals surface area contributed by atoms with Crippen LogP contribution in [0.4, 0.5) is 10.3 Å². The quantitative estimate of drug-likeness (QED) is 0.460. The van der Waals surface area contributed by atoms with Crippen LogP contribution in [0.2, 0.25) is 0 Å². The first-order valence-corrected chi connectivity index (χ1v) is 10.8. The van der Waals surface area contributed by atoms with Crippen LogP contribution in [-0.4, -0.2) is 43.7 Å². The number of aromatic nitrogens is 5. The fourth-order valence-corrected chi connectivity index (χ4v) is 4.55. The Bertz CT molecular complexity index is 1310. The molecule has 0 unspecified atom stereocenters. The minimum Gasteiger partial charge on any atom is -0.359 e. The molecular formula is C21H19BrFN7O. The number of pyridine rings is 1. The molecular weight excluding hydrogens is 465 g/mol. The number of benzene rings is 1. The van der Waals surface area contributed by atoms with Crippen molar-refractivity contribution >= 4 is 49.7 Å². The third kappa shape index (κ3) is 3.60. The van der Waals surface area contributed by atoms with Gasteiger partial charge in [-0.15, -0.1) is 0 Å². The van der Waals surface area contributed by atoms with Crippen LogP contribution in [0.25, 0.3) is 27.6 Å². The molecule has 158 valence electrons. The van der Waals surface area contributed by atoms with Gasteiger partial charge >= 0.3 is 0 Å². The summed E-state index contributed by atoms with van der Waals surface area (Å²) in [6.07, 6.45) is 5.67. The molecule has 3 aromatic heterocycles. The SMILES string of the molecule is CNC(=O)[C@@H]1CC[C@@H](Nc2ncc3c(Br)nn(-c4cc(F)c5ncccc5c4)c3n2)C1. The molecule has 1 aromatic carbocycles. The lowest BCUT2D eigenvalue weighted by Gasteiger charge is -2.13. The highest BCUT2D eigenvalue weighted by Crippen LogP contribution is 2.30. The first kappa shape index (κ1) is 19.8. The number of rotatable bonds is 4. The summed E-state index contributed by atoms with van der Waals surface area (Å²) < 4.78 is 16.8. The van der Waals surface area contributed by atoms with Gasteiger partial charge in [-0.05, 0) is 47.3 Å². The number of carbonyl (C=O) groups is 1. The maximum atomic E-state index is 14.6. The minimum atomic E-state index is -0.425. The standard InChI is InChI=1S/C21H19BrFN7O/c1-24-20(31)12-4-5-13(7-12)27-21-26-10-15-18(22)29-30(19(15)28-21)14-8-11-3-2-6-25-17(11)16(23)9-14/h2-3,6,8-10,12-13H,4-5,7H2,1H3,(H,24,31)(H,26,27,28)/t12-,13-/m1/s1. The predicted molar refractivity (Wildman–Crippen MR) is 118 cm³/mol. The van der Waals surface area contributed by atoms with E-state index >= 15 is 0 Å². The topological polar surface area (TPSA) is 97.6 Å². The largest absolute Gasteiger partial charge is 0.359 e. The molecule has 3 heterocycles. The third-order valence-electron chi connectivity index (χ3n) is 5.65. The first-order valence-electron chi connectivity index (χ1n) is 9.97. The van der Waals surface area contributed by atoms with E-state index < -0.39 is 5.82 Å². The fourth-order valence-electron chi connectivity index (χ4n) is 4.11. The highest BCUT2D eigenvalue weighted by molar-refractivity contribution is 9.10. The molecule has 4 aromatic rings. The van der Waals surface area contributed by atoms with Crippen molar-refractivity contribution in [2.24, 2.45) is 5.92 Å². The summed E-state index contributed by atoms with van der Waals surface area (Å²) in [7, 11) is 1.66. The van der Waals surface area contributed by atoms with Gasteiger partial charge in [0.05, 0.1) is 11.1 Å². The summed E-state index contributed by atoms with van der Waals surface area (Å²) in [6.45, 7) is 0. The maximum Gasteiger partial charge on any atom is 0.224 e. The van der Waals surface area contributed by atoms with Crippen LogP contribution in [-0.2, 0) is 4.79 Å². The Morgan fingerprint density at radius 3 is 3.00 bits per heavy atom. The Balaban J connectivity index is 1.50. The van der Waals surface area contributed by atoms with Gasteiger partial charge in [0, 0.05) is 42.9 Å². The minimum absolute atomic E-state index is 0.0000814. The molecule has 0 saturated heterocycles. The van der Waals surface area contributed by atoms with Gasteiger partial charge in [0.15, 0.2) is 11.5 Å². The van der Waals surface area contributed by atoms with E-state index in [0.29, 0.717) is 38.2 Å². The van der Waals surface area contributed by atoms with Crippen LogP contribution in [0.3, 0.4) is 0 Å². The van der Waals surface area contributed by atoms with Gasteiger partial charge in [0.2, 0.25) is 11.9 Å². The van der Waals surface area contributed by atoms with E-state index in [2.05, 4.69) is 46.6 Å². The molecule has 1 aliphatic carbocycles. The number of nitrogens with one attached hydrogen (secondary N) is 2. The summed E-state index contributed by atoms with van der Waals surface area (Å²) >= 11 is 3.44. The average molecular weight is 484 g/mol. The molecule has 0 spiro atoms. The fraction of sp³-hybridized carbons (Fsp3) is 0.286. The van der Waals surface area contributed by atoms with Crippen molar-refractivity contribution in [2.75, 3.05) is 12.4 Å². The summed E-state index contributed by atoms with van der Waals surface area (Å²) in [4.78, 5) is 25.0. The summed E-state index contributed by atoms with van der Waals surface area (Å²) in [6, 6.07) is 6.91. The van der Waals surface area contributed by atoms with Gasteiger partial charge in [0.1, 0.15) is 10.1 Å². The third-order valence-corrected chi connectivity index (χ3v) is 6.24. The van der Waals surface area contributed by atoms with Gasteiger partial charge in [-0.1, -0.05) is 6.07 Å². The first-order chi connectivity index (χ1) is 15.0. The van der Waals surface area contributed by atoms with E-state index in [0.717, 1.165) is 19.3 Å². The summed E-state index contributed by atoms with van der Waals surface area (Å²) in [5.74, 6) is 0.0914. The van der Waals surface area contributed by atoms with E-state index in [4.69, 9.17) is 0 Å². The highest BCUT2D eigenvalue weighted by atomic mass is 79.9. The molecule has 0 bridgehead atoms. The lowest BCUT2D eigenvalue weighted by Crippen LogP contribution is -2.27. The Kier molecular flexibility index (Phi) is 5.01. The van der Waals surface area contributed by atoms with E-state index in [-0.39, 0.29) is 17.9 Å². The van der Waals surface area contributed by atoms with Crippen molar-refractivity contribution in [1.82, 2.24) is 30.0 Å². The van der Waals surface area contributed by atoms with Gasteiger partial charge in [-0.3, -0.25) is 9.78 Å². The molecule has 1 fully saturated rings. The van der Waals surface area contributed by atoms with Crippen LogP contribution in [0.1, 0.15) is 19.3 Å². The number of hydrogen-bond acceptors (Lipinski definition) is 6. The summed E-state index contributed by atoms with van der Waals surface area (Å²) in [5.41, 5.74) is 1.40. The van der Waals surface area contributed by atoms with Crippen molar-refractivity contribution in [3.63, 3.8) is 0 Å². The van der Waals surface area contributed by atoms with Crippen LogP contribution in [0, 0.1) is 11.7 Å². The Morgan fingerprint density at radius 1 is 1.29 bits per heavy atom. The molecule has 2 N–H and O–H groups in total. The van der Waals surface area contributed by atoms with Crippen molar-refractivity contribution in [1.29, 1.82) is 0 Å². The zero-order valence-electron chi connectivity index (χ0n) is 16.6. The molecule has 1 aliphatic rings. The molecule has 5 rings (SSSR count). The zero-order valence-corrected chi connectivity index (χ0v) is 18.2. The van der Waals surface area contributed by atoms with E-state index in [1.54, 1.807) is 36.3 Å². The second-order valence-electron chi connectivity index (χ2n) is 7.60. The summed E-state index contributed by atoms with van der Waals surface area (Å²) in [5, 5.41) is 11.9. The van der Waals surface area contributed by atoms with Crippen LogP contribution in [0.15, 0.2) is 41.3 Å². The van der Waals surface area contributed by atoms with E-state index in [9.17, 15) is 9.18 Å². The number of carbonyl (C=O) groups excluding carboxylic acids is 1. The number of nitrogens with zero attached hydrogens (tertiary/aromatic N) is 5. The normalized spacial score (nSPS) is 18.5. The number of fused-ring (bicyclic) bond motifs is 2. The van der Waals surface area contributed by atoms with Gasteiger partial charge in [-0.2, -0.15) is 10.1 Å². The molecule has 31 heavy (non-hydrogen) atoms. The smallest absolute Gasteiger partial charge is 0.224 e. The monoisotopic (exact) mass is 483 g/mol. The van der Waals surface area contributed by atoms with Crippen molar-refractivity contribution in [2.45, 2.75) is 25.3 Å². The van der Waals surface area contributed by atoms with Gasteiger partial charge in [-0.25, -0.2) is 14.1 Å². The predicted octanol–water partition coefficient (Wildman–Crippen LogP) is 3.59. The van der Waals surface area contributed by atoms with Crippen LogP contribution in [0.5, 0.6) is 0 Å². The Labute approximate surface area is 185 Å². The highest BCUT2D eigenvalue weighted by Gasteiger charge is 2.29. The number of hydrogen-bond donors (Lipinski definition) is 2. The lowest BCUT2D eigenvalue weighted by molar-refractivity contribution is -0.124. The van der Waals surface area contributed by atoms with Gasteiger partial charge in [0.25, 0.3) is 0 Å². The Morgan fingerprint density at radius 2 is 2.16 bits per heavy atom. The van der Waals surface area contributed by atoms with Crippen LogP contribution >= 0.6 is 15.9 Å². The van der Waals surface area contributed by atoms with Crippen LogP contribution < -0.4 is 10.6 Å². The van der Waals surface area contributed by atoms with Crippen molar-refractivity contribution < 1.29 is 9.18 Å². The molecule has 0 aliphatic heterocycles. The maximum absolute atomic E-state index is 14.6. The molecule has 1 saturated carbocycles. The zero-order chi connectivity index (χ0) is 21.5. The lowest BCUT2D eigenvalue weighted by atomic mass is 10.1. The average Bonchev–Trinajstić information content (AvgIpc) is 3.37. The number of anilines is 1. The van der Waals surface area contributed by atoms with Gasteiger partial charge < -0.3 is 10.6 Å². The van der Waals surface area contributed by atoms with E-state index in [1.165, 1.54) is 6.07 Å². The molecule has 10 heteroatoms. The molecule has 2 atom stereocenters. The molecule has 8 nitrogen and oxygen atoms in total. The number of halogens is 2. The Hall–Kier alpha value is -3.14. The second kappa shape index (κ2) is 7.84. The second-order valence-corrected chi connectivity index (χ2v) is 8.35.